The van der Waals surface area contributed by atoms with Crippen LogP contribution in [-0.4, -0.2) is 4.98 Å². The van der Waals surface area contributed by atoms with E-state index in [1.807, 2.05) is 18.3 Å². The highest BCUT2D eigenvalue weighted by atomic mass is 79.9. The maximum atomic E-state index is 13.7. The van der Waals surface area contributed by atoms with Gasteiger partial charge in [0.1, 0.15) is 5.82 Å². The molecule has 0 saturated heterocycles. The van der Waals surface area contributed by atoms with E-state index in [9.17, 15) is 4.39 Å². The van der Waals surface area contributed by atoms with Crippen molar-refractivity contribution in [1.82, 2.24) is 10.4 Å². The van der Waals surface area contributed by atoms with Gasteiger partial charge in [-0.3, -0.25) is 16.3 Å². The summed E-state index contributed by atoms with van der Waals surface area (Å²) < 4.78 is 14.4. The Labute approximate surface area is 131 Å². The van der Waals surface area contributed by atoms with Crippen LogP contribution >= 0.6 is 15.9 Å². The molecule has 0 amide bonds. The number of hydrazine groups is 1. The van der Waals surface area contributed by atoms with Gasteiger partial charge >= 0.3 is 0 Å². The minimum atomic E-state index is -0.267. The summed E-state index contributed by atoms with van der Waals surface area (Å²) in [5, 5.41) is 0. The Morgan fingerprint density at radius 2 is 2.24 bits per heavy atom. The molecule has 1 heterocycles. The Bertz CT molecular complexity index is 627. The quantitative estimate of drug-likeness (QED) is 0.657. The number of nitrogens with one attached hydrogen (secondary N) is 1. The number of pyridine rings is 1. The lowest BCUT2D eigenvalue weighted by molar-refractivity contribution is 0.398. The summed E-state index contributed by atoms with van der Waals surface area (Å²) in [7, 11) is 0. The molecule has 0 aliphatic heterocycles. The summed E-state index contributed by atoms with van der Waals surface area (Å²) in [4.78, 5) is 4.54. The number of hydrogen-bond donors (Lipinski definition) is 2. The lowest BCUT2D eigenvalue weighted by atomic mass is 9.80. The topological polar surface area (TPSA) is 50.9 Å². The molecule has 3 rings (SSSR count). The molecule has 5 heteroatoms. The first-order valence-corrected chi connectivity index (χ1v) is 7.84. The third kappa shape index (κ3) is 3.00. The number of hydrogen-bond acceptors (Lipinski definition) is 3. The highest BCUT2D eigenvalue weighted by Gasteiger charge is 2.29. The molecule has 1 aliphatic carbocycles. The van der Waals surface area contributed by atoms with Crippen LogP contribution in [0.3, 0.4) is 0 Å². The van der Waals surface area contributed by atoms with E-state index in [1.165, 1.54) is 17.7 Å². The minimum absolute atomic E-state index is 0.147. The van der Waals surface area contributed by atoms with Crippen LogP contribution in [0.1, 0.15) is 41.6 Å². The summed E-state index contributed by atoms with van der Waals surface area (Å²) in [6.07, 6.45) is 4.95. The minimum Gasteiger partial charge on any atom is -0.271 e. The molecular weight excluding hydrogens is 333 g/mol. The van der Waals surface area contributed by atoms with E-state index in [0.29, 0.717) is 0 Å². The molecule has 1 aromatic carbocycles. The molecule has 2 atom stereocenters. The van der Waals surface area contributed by atoms with Crippen LogP contribution in [0.15, 0.2) is 41.0 Å². The largest absolute Gasteiger partial charge is 0.271 e. The van der Waals surface area contributed by atoms with Gasteiger partial charge in [0.05, 0.1) is 6.04 Å². The molecule has 0 saturated carbocycles. The molecule has 1 aliphatic rings. The van der Waals surface area contributed by atoms with Crippen LogP contribution in [0.25, 0.3) is 0 Å². The van der Waals surface area contributed by atoms with Crippen molar-refractivity contribution in [2.24, 2.45) is 5.84 Å². The SMILES string of the molecule is NNC(c1cc(F)cc(Br)c1)C1CCCc2cccnc21. The number of rotatable bonds is 3. The number of benzene rings is 1. The van der Waals surface area contributed by atoms with Crippen LogP contribution in [0, 0.1) is 5.82 Å². The molecule has 3 nitrogen and oxygen atoms in total. The van der Waals surface area contributed by atoms with Crippen molar-refractivity contribution in [2.45, 2.75) is 31.2 Å². The smallest absolute Gasteiger partial charge is 0.124 e. The van der Waals surface area contributed by atoms with Crippen LogP contribution in [0.4, 0.5) is 4.39 Å². The molecule has 0 bridgehead atoms. The Balaban J connectivity index is 2.01. The first-order chi connectivity index (χ1) is 10.2. The van der Waals surface area contributed by atoms with Gasteiger partial charge in [-0.1, -0.05) is 22.0 Å². The molecule has 2 aromatic rings. The van der Waals surface area contributed by atoms with Crippen molar-refractivity contribution in [3.8, 4) is 0 Å². The van der Waals surface area contributed by atoms with Gasteiger partial charge in [0.15, 0.2) is 0 Å². The third-order valence-electron chi connectivity index (χ3n) is 4.06. The van der Waals surface area contributed by atoms with E-state index in [2.05, 4.69) is 32.4 Å². The number of halogens is 2. The van der Waals surface area contributed by atoms with Gasteiger partial charge in [0, 0.05) is 22.3 Å². The van der Waals surface area contributed by atoms with Gasteiger partial charge in [-0.15, -0.1) is 0 Å². The molecule has 110 valence electrons. The van der Waals surface area contributed by atoms with E-state index in [4.69, 9.17) is 5.84 Å². The lowest BCUT2D eigenvalue weighted by Crippen LogP contribution is -2.34. The predicted molar refractivity (Wildman–Crippen MR) is 84.1 cm³/mol. The van der Waals surface area contributed by atoms with E-state index < -0.39 is 0 Å². The Morgan fingerprint density at radius 3 is 3.00 bits per heavy atom. The monoisotopic (exact) mass is 349 g/mol. The van der Waals surface area contributed by atoms with E-state index >= 15 is 0 Å². The number of nitrogens with zero attached hydrogens (tertiary/aromatic N) is 1. The second-order valence-corrected chi connectivity index (χ2v) is 6.31. The van der Waals surface area contributed by atoms with Gasteiger partial charge in [-0.2, -0.15) is 0 Å². The molecule has 2 unspecified atom stereocenters. The summed E-state index contributed by atoms with van der Waals surface area (Å²) in [6, 6.07) is 8.82. The van der Waals surface area contributed by atoms with Crippen molar-refractivity contribution in [3.63, 3.8) is 0 Å². The fraction of sp³-hybridized carbons (Fsp3) is 0.312. The van der Waals surface area contributed by atoms with E-state index in [1.54, 1.807) is 0 Å². The fourth-order valence-corrected chi connectivity index (χ4v) is 3.65. The molecule has 3 N–H and O–H groups in total. The van der Waals surface area contributed by atoms with Crippen molar-refractivity contribution >= 4 is 15.9 Å². The van der Waals surface area contributed by atoms with E-state index in [-0.39, 0.29) is 17.8 Å². The maximum Gasteiger partial charge on any atom is 0.124 e. The molecule has 0 radical (unpaired) electrons. The number of fused-ring (bicyclic) bond motifs is 1. The molecule has 0 fully saturated rings. The molecule has 21 heavy (non-hydrogen) atoms. The lowest BCUT2D eigenvalue weighted by Gasteiger charge is -2.31. The van der Waals surface area contributed by atoms with Crippen molar-refractivity contribution < 1.29 is 4.39 Å². The Hall–Kier alpha value is -1.30. The summed E-state index contributed by atoms with van der Waals surface area (Å²) in [6.45, 7) is 0. The first kappa shape index (κ1) is 14.6. The average Bonchev–Trinajstić information content (AvgIpc) is 2.47. The van der Waals surface area contributed by atoms with Gasteiger partial charge < -0.3 is 0 Å². The second kappa shape index (κ2) is 6.22. The standard InChI is InChI=1S/C16H17BrFN3/c17-12-7-11(8-13(18)9-12)16(21-19)14-5-1-3-10-4-2-6-20-15(10)14/h2,4,6-9,14,16,21H,1,3,5,19H2. The van der Waals surface area contributed by atoms with Gasteiger partial charge in [-0.05, 0) is 54.7 Å². The maximum absolute atomic E-state index is 13.7. The zero-order valence-corrected chi connectivity index (χ0v) is 13.1. The summed E-state index contributed by atoms with van der Waals surface area (Å²) in [5.74, 6) is 5.67. The third-order valence-corrected chi connectivity index (χ3v) is 4.52. The van der Waals surface area contributed by atoms with Gasteiger partial charge in [-0.25, -0.2) is 4.39 Å². The number of aryl methyl sites for hydroxylation is 1. The predicted octanol–water partition coefficient (Wildman–Crippen LogP) is 3.61. The fourth-order valence-electron chi connectivity index (χ4n) is 3.17. The summed E-state index contributed by atoms with van der Waals surface area (Å²) >= 11 is 3.34. The highest BCUT2D eigenvalue weighted by molar-refractivity contribution is 9.10. The zero-order valence-electron chi connectivity index (χ0n) is 11.5. The van der Waals surface area contributed by atoms with Crippen LogP contribution < -0.4 is 11.3 Å². The molecular formula is C16H17BrFN3. The van der Waals surface area contributed by atoms with Crippen LogP contribution in [0.2, 0.25) is 0 Å². The van der Waals surface area contributed by atoms with Crippen molar-refractivity contribution in [3.05, 3.63) is 63.6 Å². The zero-order chi connectivity index (χ0) is 14.8. The molecule has 1 aromatic heterocycles. The molecule has 0 spiro atoms. The van der Waals surface area contributed by atoms with Crippen LogP contribution in [-0.2, 0) is 6.42 Å². The van der Waals surface area contributed by atoms with Gasteiger partial charge in [0.25, 0.3) is 0 Å². The van der Waals surface area contributed by atoms with Crippen molar-refractivity contribution in [2.75, 3.05) is 0 Å². The van der Waals surface area contributed by atoms with Crippen molar-refractivity contribution in [1.29, 1.82) is 0 Å². The Morgan fingerprint density at radius 1 is 1.38 bits per heavy atom. The highest BCUT2D eigenvalue weighted by Crippen LogP contribution is 2.39. The van der Waals surface area contributed by atoms with Gasteiger partial charge in [0.2, 0.25) is 0 Å². The number of nitrogens with two attached hydrogens (primary N) is 1. The van der Waals surface area contributed by atoms with Crippen LogP contribution in [0.5, 0.6) is 0 Å². The summed E-state index contributed by atoms with van der Waals surface area (Å²) in [5.41, 5.74) is 6.04. The average molecular weight is 350 g/mol. The number of aromatic nitrogens is 1. The van der Waals surface area contributed by atoms with E-state index in [0.717, 1.165) is 35.0 Å². The second-order valence-electron chi connectivity index (χ2n) is 5.39. The first-order valence-electron chi connectivity index (χ1n) is 7.05. The normalized spacial score (nSPS) is 19.1. The Kier molecular flexibility index (Phi) is 4.33.